The first kappa shape index (κ1) is 17.4. The molecule has 0 N–H and O–H groups in total. The Morgan fingerprint density at radius 1 is 1.00 bits per heavy atom. The number of carbonyl (C=O) groups is 2. The number of hydrogen-bond donors (Lipinski definition) is 0. The number of hydrogen-bond acceptors (Lipinski definition) is 5. The highest BCUT2D eigenvalue weighted by Crippen LogP contribution is 2.16. The van der Waals surface area contributed by atoms with Crippen LogP contribution in [0.4, 0.5) is 5.69 Å². The molecule has 1 saturated heterocycles. The molecule has 0 radical (unpaired) electrons. The van der Waals surface area contributed by atoms with Crippen LogP contribution in [-0.4, -0.2) is 66.9 Å². The fourth-order valence-electron chi connectivity index (χ4n) is 2.89. The van der Waals surface area contributed by atoms with E-state index in [4.69, 9.17) is 0 Å². The van der Waals surface area contributed by atoms with Gasteiger partial charge in [0.25, 0.3) is 11.8 Å². The molecule has 0 bridgehead atoms. The number of benzene rings is 1. The van der Waals surface area contributed by atoms with Crippen LogP contribution >= 0.6 is 11.3 Å². The third kappa shape index (κ3) is 3.99. The number of nitrogens with zero attached hydrogens (tertiary/aromatic N) is 4. The molecule has 25 heavy (non-hydrogen) atoms. The molecule has 1 fully saturated rings. The van der Waals surface area contributed by atoms with Crippen molar-refractivity contribution >= 4 is 28.8 Å². The summed E-state index contributed by atoms with van der Waals surface area (Å²) in [5, 5.41) is 1.77. The predicted octanol–water partition coefficient (Wildman–Crippen LogP) is 2.20. The lowest BCUT2D eigenvalue weighted by molar-refractivity contribution is 0.0716. The molecule has 2 aromatic rings. The average Bonchev–Trinajstić information content (AvgIpc) is 3.05. The van der Waals surface area contributed by atoms with Gasteiger partial charge >= 0.3 is 0 Å². The molecular weight excluding hydrogens is 336 g/mol. The smallest absolute Gasteiger partial charge is 0.273 e. The van der Waals surface area contributed by atoms with E-state index in [0.29, 0.717) is 37.4 Å². The fraction of sp³-hybridized carbons (Fsp3) is 0.389. The minimum absolute atomic E-state index is 0.0215. The van der Waals surface area contributed by atoms with Crippen molar-refractivity contribution in [3.05, 3.63) is 46.4 Å². The Kier molecular flexibility index (Phi) is 5.33. The molecule has 0 saturated carbocycles. The fourth-order valence-corrected chi connectivity index (χ4v) is 3.41. The normalized spacial score (nSPS) is 15.0. The molecule has 3 rings (SSSR count). The van der Waals surface area contributed by atoms with Gasteiger partial charge in [-0.25, -0.2) is 4.98 Å². The lowest BCUT2D eigenvalue weighted by Crippen LogP contribution is -2.37. The number of aromatic nitrogens is 1. The van der Waals surface area contributed by atoms with Gasteiger partial charge in [0.1, 0.15) is 5.69 Å². The summed E-state index contributed by atoms with van der Waals surface area (Å²) in [4.78, 5) is 34.9. The first-order valence-electron chi connectivity index (χ1n) is 8.30. The number of carbonyl (C=O) groups excluding carboxylic acids is 2. The van der Waals surface area contributed by atoms with Gasteiger partial charge in [-0.15, -0.1) is 11.3 Å². The molecule has 7 heteroatoms. The summed E-state index contributed by atoms with van der Waals surface area (Å²) in [7, 11) is 3.94. The molecule has 1 aromatic carbocycles. The number of anilines is 1. The zero-order valence-corrected chi connectivity index (χ0v) is 15.3. The summed E-state index contributed by atoms with van der Waals surface area (Å²) < 4.78 is 0. The minimum atomic E-state index is -0.0501. The van der Waals surface area contributed by atoms with E-state index < -0.39 is 0 Å². The van der Waals surface area contributed by atoms with Crippen LogP contribution in [0, 0.1) is 0 Å². The highest BCUT2D eigenvalue weighted by molar-refractivity contribution is 7.07. The van der Waals surface area contributed by atoms with E-state index in [1.54, 1.807) is 15.8 Å². The van der Waals surface area contributed by atoms with Crippen molar-refractivity contribution in [3.63, 3.8) is 0 Å². The first-order chi connectivity index (χ1) is 12.1. The summed E-state index contributed by atoms with van der Waals surface area (Å²) >= 11 is 1.42. The van der Waals surface area contributed by atoms with Gasteiger partial charge in [-0.2, -0.15) is 0 Å². The molecule has 0 spiro atoms. The van der Waals surface area contributed by atoms with Crippen LogP contribution in [0.15, 0.2) is 35.2 Å². The SMILES string of the molecule is CN(C)c1ccc(C(=O)N2CCCN(C(=O)c3cscn3)CC2)cc1. The van der Waals surface area contributed by atoms with Crippen molar-refractivity contribution in [1.82, 2.24) is 14.8 Å². The number of thiazole rings is 1. The molecular formula is C18H22N4O2S. The van der Waals surface area contributed by atoms with Gasteiger partial charge in [-0.3, -0.25) is 9.59 Å². The van der Waals surface area contributed by atoms with Gasteiger partial charge in [-0.1, -0.05) is 0 Å². The molecule has 1 aromatic heterocycles. The second-order valence-corrected chi connectivity index (χ2v) is 6.97. The minimum Gasteiger partial charge on any atom is -0.378 e. The molecule has 1 aliphatic heterocycles. The zero-order valence-electron chi connectivity index (χ0n) is 14.5. The van der Waals surface area contributed by atoms with Crippen LogP contribution in [0.25, 0.3) is 0 Å². The van der Waals surface area contributed by atoms with Crippen molar-refractivity contribution in [2.24, 2.45) is 0 Å². The maximum absolute atomic E-state index is 12.7. The van der Waals surface area contributed by atoms with E-state index in [-0.39, 0.29) is 11.8 Å². The van der Waals surface area contributed by atoms with Crippen LogP contribution in [0.5, 0.6) is 0 Å². The largest absolute Gasteiger partial charge is 0.378 e. The lowest BCUT2D eigenvalue weighted by atomic mass is 10.1. The Morgan fingerprint density at radius 3 is 2.20 bits per heavy atom. The third-order valence-corrected chi connectivity index (χ3v) is 4.94. The van der Waals surface area contributed by atoms with E-state index in [1.165, 1.54) is 11.3 Å². The van der Waals surface area contributed by atoms with Crippen LogP contribution in [0.3, 0.4) is 0 Å². The van der Waals surface area contributed by atoms with Crippen LogP contribution in [-0.2, 0) is 0 Å². The topological polar surface area (TPSA) is 56.8 Å². The molecule has 1 aliphatic rings. The molecule has 132 valence electrons. The molecule has 0 atom stereocenters. The monoisotopic (exact) mass is 358 g/mol. The van der Waals surface area contributed by atoms with E-state index in [0.717, 1.165) is 12.1 Å². The Labute approximate surface area is 151 Å². The Balaban J connectivity index is 1.64. The van der Waals surface area contributed by atoms with Crippen molar-refractivity contribution in [2.75, 3.05) is 45.2 Å². The first-order valence-corrected chi connectivity index (χ1v) is 9.24. The van der Waals surface area contributed by atoms with Gasteiger partial charge in [0.2, 0.25) is 0 Å². The Hall–Kier alpha value is -2.41. The highest BCUT2D eigenvalue weighted by Gasteiger charge is 2.24. The van der Waals surface area contributed by atoms with Crippen molar-refractivity contribution in [2.45, 2.75) is 6.42 Å². The molecule has 0 aliphatic carbocycles. The number of rotatable bonds is 3. The van der Waals surface area contributed by atoms with E-state index >= 15 is 0 Å². The van der Waals surface area contributed by atoms with E-state index in [1.807, 2.05) is 48.2 Å². The molecule has 6 nitrogen and oxygen atoms in total. The molecule has 2 heterocycles. The summed E-state index contributed by atoms with van der Waals surface area (Å²) in [6.45, 7) is 2.40. The zero-order chi connectivity index (χ0) is 17.8. The van der Waals surface area contributed by atoms with Crippen LogP contribution < -0.4 is 4.90 Å². The third-order valence-electron chi connectivity index (χ3n) is 4.35. The van der Waals surface area contributed by atoms with Gasteiger partial charge in [0.05, 0.1) is 5.51 Å². The quantitative estimate of drug-likeness (QED) is 0.844. The summed E-state index contributed by atoms with van der Waals surface area (Å²) in [5.41, 5.74) is 3.90. The van der Waals surface area contributed by atoms with Crippen molar-refractivity contribution in [1.29, 1.82) is 0 Å². The Morgan fingerprint density at radius 2 is 1.64 bits per heavy atom. The summed E-state index contributed by atoms with van der Waals surface area (Å²) in [5.74, 6) is -0.0286. The van der Waals surface area contributed by atoms with Crippen LogP contribution in [0.1, 0.15) is 27.3 Å². The highest BCUT2D eigenvalue weighted by atomic mass is 32.1. The molecule has 0 unspecified atom stereocenters. The summed E-state index contributed by atoms with van der Waals surface area (Å²) in [6, 6.07) is 7.62. The van der Waals surface area contributed by atoms with Gasteiger partial charge in [-0.05, 0) is 30.7 Å². The Bertz CT molecular complexity index is 728. The predicted molar refractivity (Wildman–Crippen MR) is 99.3 cm³/mol. The lowest BCUT2D eigenvalue weighted by Gasteiger charge is -2.22. The van der Waals surface area contributed by atoms with E-state index in [9.17, 15) is 9.59 Å². The summed E-state index contributed by atoms with van der Waals surface area (Å²) in [6.07, 6.45) is 0.775. The van der Waals surface area contributed by atoms with Crippen molar-refractivity contribution < 1.29 is 9.59 Å². The maximum atomic E-state index is 12.7. The van der Waals surface area contributed by atoms with Gasteiger partial charge in [0, 0.05) is 56.9 Å². The maximum Gasteiger partial charge on any atom is 0.273 e. The standard InChI is InChI=1S/C18H22N4O2S/c1-20(2)15-6-4-14(5-7-15)17(23)21-8-3-9-22(11-10-21)18(24)16-12-25-13-19-16/h4-7,12-13H,3,8-11H2,1-2H3. The van der Waals surface area contributed by atoms with Gasteiger partial charge < -0.3 is 14.7 Å². The second kappa shape index (κ2) is 7.65. The van der Waals surface area contributed by atoms with Crippen LogP contribution in [0.2, 0.25) is 0 Å². The van der Waals surface area contributed by atoms with E-state index in [2.05, 4.69) is 4.98 Å². The number of amides is 2. The average molecular weight is 358 g/mol. The second-order valence-electron chi connectivity index (χ2n) is 6.25. The molecule has 2 amide bonds. The van der Waals surface area contributed by atoms with Gasteiger partial charge in [0.15, 0.2) is 0 Å². The van der Waals surface area contributed by atoms with Crippen molar-refractivity contribution in [3.8, 4) is 0 Å².